The van der Waals surface area contributed by atoms with E-state index in [9.17, 15) is 0 Å². The summed E-state index contributed by atoms with van der Waals surface area (Å²) in [5.41, 5.74) is 0. The Bertz CT molecular complexity index is 694. The number of fused-ring (bicyclic) bond motifs is 1. The van der Waals surface area contributed by atoms with Crippen LogP contribution < -0.4 is 22.5 Å². The predicted octanol–water partition coefficient (Wildman–Crippen LogP) is 1.63. The number of thiophene rings is 1. The molecular formula is C18H19ClNOS-. The Hall–Kier alpha value is -1.55. The highest BCUT2D eigenvalue weighted by atomic mass is 35.5. The van der Waals surface area contributed by atoms with E-state index in [0.717, 1.165) is 18.7 Å². The van der Waals surface area contributed by atoms with Crippen molar-refractivity contribution in [1.82, 2.24) is 5.32 Å². The number of rotatable bonds is 6. The van der Waals surface area contributed by atoms with Crippen molar-refractivity contribution in [2.45, 2.75) is 12.5 Å². The second kappa shape index (κ2) is 8.18. The third kappa shape index (κ3) is 3.80. The summed E-state index contributed by atoms with van der Waals surface area (Å²) < 4.78 is 6.34. The maximum absolute atomic E-state index is 6.34. The standard InChI is InChI=1S/C18H19NOS.ClH/c1-19-12-11-17(18-10-5-13-21-18)20-16-9-4-7-14-6-2-3-8-15(14)16;/h2-10,13,17,19H,11-12H2,1H3;1H/p-1/t17-;/m1./s1. The van der Waals surface area contributed by atoms with Gasteiger partial charge >= 0.3 is 0 Å². The van der Waals surface area contributed by atoms with E-state index in [4.69, 9.17) is 4.74 Å². The van der Waals surface area contributed by atoms with Crippen molar-refractivity contribution in [3.05, 3.63) is 64.9 Å². The molecule has 0 bridgehead atoms. The molecule has 0 aliphatic rings. The van der Waals surface area contributed by atoms with E-state index in [-0.39, 0.29) is 18.5 Å². The van der Waals surface area contributed by atoms with Gasteiger partial charge in [0.25, 0.3) is 0 Å². The van der Waals surface area contributed by atoms with Crippen molar-refractivity contribution in [3.63, 3.8) is 0 Å². The van der Waals surface area contributed by atoms with E-state index >= 15 is 0 Å². The van der Waals surface area contributed by atoms with Crippen molar-refractivity contribution in [3.8, 4) is 5.75 Å². The number of halogens is 1. The van der Waals surface area contributed by atoms with E-state index in [0.29, 0.717) is 0 Å². The van der Waals surface area contributed by atoms with Crippen molar-refractivity contribution in [2.75, 3.05) is 13.6 Å². The van der Waals surface area contributed by atoms with Gasteiger partial charge in [0, 0.05) is 16.7 Å². The smallest absolute Gasteiger partial charge is 0.134 e. The second-order valence-electron chi connectivity index (χ2n) is 4.99. The average molecular weight is 333 g/mol. The van der Waals surface area contributed by atoms with E-state index in [2.05, 4.69) is 65.3 Å². The molecule has 2 nitrogen and oxygen atoms in total. The molecular weight excluding hydrogens is 314 g/mol. The summed E-state index contributed by atoms with van der Waals surface area (Å²) in [6.07, 6.45) is 1.06. The molecule has 0 radical (unpaired) electrons. The molecule has 1 aromatic heterocycles. The summed E-state index contributed by atoms with van der Waals surface area (Å²) >= 11 is 1.75. The quantitative estimate of drug-likeness (QED) is 0.741. The number of benzene rings is 2. The minimum atomic E-state index is 0. The Kier molecular flexibility index (Phi) is 6.25. The number of nitrogens with one attached hydrogen (secondary N) is 1. The van der Waals surface area contributed by atoms with Crippen molar-refractivity contribution in [2.24, 2.45) is 0 Å². The number of hydrogen-bond donors (Lipinski definition) is 1. The zero-order chi connectivity index (χ0) is 14.5. The molecule has 1 N–H and O–H groups in total. The molecule has 4 heteroatoms. The molecule has 0 fully saturated rings. The summed E-state index contributed by atoms with van der Waals surface area (Å²) in [7, 11) is 1.98. The largest absolute Gasteiger partial charge is 1.00 e. The first-order valence-corrected chi connectivity index (χ1v) is 8.09. The van der Waals surface area contributed by atoms with Gasteiger partial charge in [-0.1, -0.05) is 42.5 Å². The third-order valence-corrected chi connectivity index (χ3v) is 4.50. The Balaban J connectivity index is 0.00000176. The van der Waals surface area contributed by atoms with Crippen LogP contribution in [0.25, 0.3) is 10.8 Å². The maximum Gasteiger partial charge on any atom is 0.134 e. The molecule has 2 aromatic carbocycles. The first-order valence-electron chi connectivity index (χ1n) is 7.21. The molecule has 22 heavy (non-hydrogen) atoms. The van der Waals surface area contributed by atoms with Gasteiger partial charge in [-0.25, -0.2) is 0 Å². The highest BCUT2D eigenvalue weighted by molar-refractivity contribution is 7.10. The highest BCUT2D eigenvalue weighted by Gasteiger charge is 2.15. The highest BCUT2D eigenvalue weighted by Crippen LogP contribution is 2.32. The Morgan fingerprint density at radius 2 is 1.86 bits per heavy atom. The molecule has 0 aliphatic carbocycles. The third-order valence-electron chi connectivity index (χ3n) is 3.54. The first kappa shape index (κ1) is 16.8. The minimum absolute atomic E-state index is 0. The van der Waals surface area contributed by atoms with Crippen LogP contribution in [0.4, 0.5) is 0 Å². The van der Waals surface area contributed by atoms with Crippen LogP contribution in [0.15, 0.2) is 60.0 Å². The van der Waals surface area contributed by atoms with Crippen molar-refractivity contribution >= 4 is 22.1 Å². The minimum Gasteiger partial charge on any atom is -1.00 e. The van der Waals surface area contributed by atoms with Gasteiger partial charge in [0.15, 0.2) is 0 Å². The van der Waals surface area contributed by atoms with Crippen LogP contribution in [0.1, 0.15) is 17.4 Å². The van der Waals surface area contributed by atoms with Crippen LogP contribution in [0, 0.1) is 0 Å². The SMILES string of the molecule is CNCC[C@@H](Oc1cccc2ccccc12)c1cccs1.[Cl-]. The molecule has 116 valence electrons. The van der Waals surface area contributed by atoms with Gasteiger partial charge in [0.2, 0.25) is 0 Å². The summed E-state index contributed by atoms with van der Waals surface area (Å²) in [4.78, 5) is 1.28. The van der Waals surface area contributed by atoms with E-state index < -0.39 is 0 Å². The zero-order valence-corrected chi connectivity index (χ0v) is 14.0. The van der Waals surface area contributed by atoms with Gasteiger partial charge in [-0.2, -0.15) is 0 Å². The molecule has 1 atom stereocenters. The Morgan fingerprint density at radius 1 is 1.05 bits per heavy atom. The van der Waals surface area contributed by atoms with E-state index in [1.165, 1.54) is 15.6 Å². The Morgan fingerprint density at radius 3 is 2.64 bits per heavy atom. The van der Waals surface area contributed by atoms with Gasteiger partial charge in [-0.3, -0.25) is 0 Å². The molecule has 0 unspecified atom stereocenters. The topological polar surface area (TPSA) is 21.3 Å². The molecule has 1 heterocycles. The summed E-state index contributed by atoms with van der Waals surface area (Å²) in [6, 6.07) is 18.8. The normalized spacial score (nSPS) is 11.9. The molecule has 0 amide bonds. The maximum atomic E-state index is 6.34. The van der Waals surface area contributed by atoms with E-state index in [1.807, 2.05) is 7.05 Å². The summed E-state index contributed by atoms with van der Waals surface area (Å²) in [5.74, 6) is 0.961. The lowest BCUT2D eigenvalue weighted by molar-refractivity contribution is -0.00000490. The molecule has 0 saturated carbocycles. The average Bonchev–Trinajstić information content (AvgIpc) is 3.06. The number of hydrogen-bond acceptors (Lipinski definition) is 3. The van der Waals surface area contributed by atoms with Crippen LogP contribution in [-0.2, 0) is 0 Å². The number of ether oxygens (including phenoxy) is 1. The van der Waals surface area contributed by atoms with Crippen LogP contribution >= 0.6 is 11.3 Å². The first-order chi connectivity index (χ1) is 10.4. The van der Waals surface area contributed by atoms with Gasteiger partial charge in [-0.15, -0.1) is 11.3 Å². The van der Waals surface area contributed by atoms with Crippen LogP contribution in [0.5, 0.6) is 5.75 Å². The second-order valence-corrected chi connectivity index (χ2v) is 5.97. The lowest BCUT2D eigenvalue weighted by Gasteiger charge is -2.19. The lowest BCUT2D eigenvalue weighted by Crippen LogP contribution is -3.00. The van der Waals surface area contributed by atoms with Crippen LogP contribution in [0.3, 0.4) is 0 Å². The molecule has 0 aliphatic heterocycles. The fourth-order valence-corrected chi connectivity index (χ4v) is 3.25. The molecule has 0 spiro atoms. The molecule has 3 aromatic rings. The van der Waals surface area contributed by atoms with Gasteiger partial charge in [0.1, 0.15) is 11.9 Å². The fraction of sp³-hybridized carbons (Fsp3) is 0.222. The van der Waals surface area contributed by atoms with Gasteiger partial charge in [-0.05, 0) is 36.5 Å². The van der Waals surface area contributed by atoms with Gasteiger partial charge in [0.05, 0.1) is 0 Å². The lowest BCUT2D eigenvalue weighted by atomic mass is 10.1. The van der Waals surface area contributed by atoms with E-state index in [1.54, 1.807) is 11.3 Å². The predicted molar refractivity (Wildman–Crippen MR) is 90.2 cm³/mol. The summed E-state index contributed by atoms with van der Waals surface area (Å²) in [5, 5.41) is 7.70. The molecule has 3 rings (SSSR count). The molecule has 0 saturated heterocycles. The van der Waals surface area contributed by atoms with Crippen LogP contribution in [0.2, 0.25) is 0 Å². The monoisotopic (exact) mass is 332 g/mol. The zero-order valence-electron chi connectivity index (χ0n) is 12.5. The Labute approximate surface area is 141 Å². The van der Waals surface area contributed by atoms with Crippen molar-refractivity contribution < 1.29 is 17.1 Å². The fourth-order valence-electron chi connectivity index (χ4n) is 2.46. The summed E-state index contributed by atoms with van der Waals surface area (Å²) in [6.45, 7) is 0.938. The van der Waals surface area contributed by atoms with Gasteiger partial charge < -0.3 is 22.5 Å². The van der Waals surface area contributed by atoms with Crippen LogP contribution in [-0.4, -0.2) is 13.6 Å². The van der Waals surface area contributed by atoms with Crippen molar-refractivity contribution in [1.29, 1.82) is 0 Å².